The zero-order valence-electron chi connectivity index (χ0n) is 11.7. The predicted octanol–water partition coefficient (Wildman–Crippen LogP) is 3.12. The minimum atomic E-state index is 0.506. The molecule has 0 aliphatic carbocycles. The van der Waals surface area contributed by atoms with E-state index in [1.54, 1.807) is 16.2 Å². The largest absolute Gasteiger partial charge is 0.366 e. The molecule has 1 atom stereocenters. The topological polar surface area (TPSA) is 18.5 Å². The van der Waals surface area contributed by atoms with Crippen molar-refractivity contribution in [3.05, 3.63) is 46.6 Å². The lowest BCUT2D eigenvalue weighted by Crippen LogP contribution is -2.34. The van der Waals surface area contributed by atoms with Crippen molar-refractivity contribution in [2.75, 3.05) is 19.0 Å². The number of halogens is 1. The molecule has 0 radical (unpaired) electrons. The van der Waals surface area contributed by atoms with Gasteiger partial charge in [0, 0.05) is 42.9 Å². The molecule has 1 saturated heterocycles. The Balaban J connectivity index is 1.52. The van der Waals surface area contributed by atoms with Gasteiger partial charge in [0.05, 0.1) is 5.88 Å². The molecular weight excluding hydrogens is 290 g/mol. The number of hydrogen-bond donors (Lipinski definition) is 1. The molecule has 0 aromatic heterocycles. The molecular formula is C15H20ClN3S. The molecule has 2 aliphatic rings. The van der Waals surface area contributed by atoms with Gasteiger partial charge in [-0.3, -0.25) is 9.32 Å². The second kappa shape index (κ2) is 6.29. The molecule has 5 heteroatoms. The normalized spacial score (nSPS) is 23.2. The van der Waals surface area contributed by atoms with Gasteiger partial charge in [-0.2, -0.15) is 0 Å². The smallest absolute Gasteiger partial charge is 0.124 e. The van der Waals surface area contributed by atoms with Crippen LogP contribution in [0, 0.1) is 6.92 Å². The lowest BCUT2D eigenvalue weighted by molar-refractivity contribution is 0.320. The van der Waals surface area contributed by atoms with Crippen molar-refractivity contribution < 1.29 is 0 Å². The fraction of sp³-hybridized carbons (Fsp3) is 0.467. The van der Waals surface area contributed by atoms with Crippen molar-refractivity contribution in [3.8, 4) is 0 Å². The SMILES string of the molecule is Cc1cccc(CN2CCC(NC3=CSCN3Cl)C2)c1. The van der Waals surface area contributed by atoms with Crippen LogP contribution < -0.4 is 5.32 Å². The summed E-state index contributed by atoms with van der Waals surface area (Å²) in [5.41, 5.74) is 2.74. The van der Waals surface area contributed by atoms with Crippen LogP contribution in [0.4, 0.5) is 0 Å². The first-order chi connectivity index (χ1) is 9.70. The molecule has 1 aromatic rings. The van der Waals surface area contributed by atoms with E-state index in [-0.39, 0.29) is 0 Å². The molecule has 1 N–H and O–H groups in total. The number of hydrogen-bond acceptors (Lipinski definition) is 4. The van der Waals surface area contributed by atoms with E-state index in [2.05, 4.69) is 46.8 Å². The van der Waals surface area contributed by atoms with E-state index in [4.69, 9.17) is 11.8 Å². The first-order valence-electron chi connectivity index (χ1n) is 7.00. The standard InChI is InChI=1S/C15H20ClN3S/c1-12-3-2-4-13(7-12)8-18-6-5-14(9-18)17-15-10-20-11-19(15)16/h2-4,7,10,14,17H,5-6,8-9,11H2,1H3. The third-order valence-corrected chi connectivity index (χ3v) is 5.00. The summed E-state index contributed by atoms with van der Waals surface area (Å²) in [6.45, 7) is 5.42. The summed E-state index contributed by atoms with van der Waals surface area (Å²) in [5, 5.41) is 5.65. The van der Waals surface area contributed by atoms with Crippen molar-refractivity contribution in [2.45, 2.75) is 25.9 Å². The van der Waals surface area contributed by atoms with Crippen LogP contribution in [0.5, 0.6) is 0 Å². The molecule has 3 nitrogen and oxygen atoms in total. The van der Waals surface area contributed by atoms with E-state index in [1.807, 2.05) is 0 Å². The second-order valence-corrected chi connectivity index (χ2v) is 6.75. The number of rotatable bonds is 4. The number of aryl methyl sites for hydroxylation is 1. The summed E-state index contributed by atoms with van der Waals surface area (Å²) in [7, 11) is 0. The highest BCUT2D eigenvalue weighted by atomic mass is 35.5. The van der Waals surface area contributed by atoms with Gasteiger partial charge in [0.25, 0.3) is 0 Å². The van der Waals surface area contributed by atoms with E-state index >= 15 is 0 Å². The van der Waals surface area contributed by atoms with Gasteiger partial charge in [-0.1, -0.05) is 29.8 Å². The maximum atomic E-state index is 6.11. The summed E-state index contributed by atoms with van der Waals surface area (Å²) >= 11 is 7.84. The summed E-state index contributed by atoms with van der Waals surface area (Å²) in [4.78, 5) is 2.51. The molecule has 0 bridgehead atoms. The Kier molecular flexibility index (Phi) is 4.44. The van der Waals surface area contributed by atoms with Crippen LogP contribution >= 0.6 is 23.5 Å². The Morgan fingerprint density at radius 2 is 2.35 bits per heavy atom. The zero-order valence-corrected chi connectivity index (χ0v) is 13.3. The Bertz CT molecular complexity index is 506. The van der Waals surface area contributed by atoms with Gasteiger partial charge in [0.1, 0.15) is 5.82 Å². The highest BCUT2D eigenvalue weighted by Gasteiger charge is 2.25. The van der Waals surface area contributed by atoms with Crippen molar-refractivity contribution in [3.63, 3.8) is 0 Å². The summed E-state index contributed by atoms with van der Waals surface area (Å²) in [5.74, 6) is 1.89. The van der Waals surface area contributed by atoms with Gasteiger partial charge in [-0.15, -0.1) is 11.8 Å². The lowest BCUT2D eigenvalue weighted by atomic mass is 10.1. The van der Waals surface area contributed by atoms with E-state index in [1.165, 1.54) is 17.5 Å². The number of likely N-dealkylation sites (tertiary alicyclic amines) is 1. The average Bonchev–Trinajstić information content (AvgIpc) is 3.01. The maximum Gasteiger partial charge on any atom is 0.124 e. The molecule has 1 unspecified atom stereocenters. The zero-order chi connectivity index (χ0) is 13.9. The number of nitrogens with zero attached hydrogens (tertiary/aromatic N) is 2. The molecule has 108 valence electrons. The van der Waals surface area contributed by atoms with Crippen LogP contribution in [-0.4, -0.2) is 34.3 Å². The predicted molar refractivity (Wildman–Crippen MR) is 86.2 cm³/mol. The van der Waals surface area contributed by atoms with Crippen LogP contribution in [0.1, 0.15) is 17.5 Å². The number of thioether (sulfide) groups is 1. The van der Waals surface area contributed by atoms with Crippen LogP contribution in [0.15, 0.2) is 35.5 Å². The molecule has 0 saturated carbocycles. The Morgan fingerprint density at radius 1 is 1.45 bits per heavy atom. The molecule has 0 spiro atoms. The van der Waals surface area contributed by atoms with Gasteiger partial charge in [0.15, 0.2) is 0 Å². The summed E-state index contributed by atoms with van der Waals surface area (Å²) < 4.78 is 1.76. The minimum absolute atomic E-state index is 0.506. The molecule has 1 fully saturated rings. The Morgan fingerprint density at radius 3 is 3.10 bits per heavy atom. The van der Waals surface area contributed by atoms with Gasteiger partial charge in [-0.05, 0) is 18.9 Å². The van der Waals surface area contributed by atoms with E-state index in [0.717, 1.165) is 31.3 Å². The minimum Gasteiger partial charge on any atom is -0.366 e. The fourth-order valence-corrected chi connectivity index (χ4v) is 3.81. The maximum absolute atomic E-state index is 6.11. The van der Waals surface area contributed by atoms with Crippen molar-refractivity contribution in [2.24, 2.45) is 0 Å². The van der Waals surface area contributed by atoms with Crippen LogP contribution in [0.2, 0.25) is 0 Å². The van der Waals surface area contributed by atoms with E-state index in [0.29, 0.717) is 6.04 Å². The van der Waals surface area contributed by atoms with Crippen LogP contribution in [-0.2, 0) is 6.54 Å². The van der Waals surface area contributed by atoms with Crippen molar-refractivity contribution in [1.29, 1.82) is 0 Å². The average molecular weight is 310 g/mol. The lowest BCUT2D eigenvalue weighted by Gasteiger charge is -2.20. The highest BCUT2D eigenvalue weighted by Crippen LogP contribution is 2.24. The van der Waals surface area contributed by atoms with Gasteiger partial charge < -0.3 is 5.32 Å². The molecule has 20 heavy (non-hydrogen) atoms. The first-order valence-corrected chi connectivity index (χ1v) is 8.39. The van der Waals surface area contributed by atoms with Crippen molar-refractivity contribution in [1.82, 2.24) is 14.6 Å². The van der Waals surface area contributed by atoms with E-state index in [9.17, 15) is 0 Å². The number of nitrogens with one attached hydrogen (secondary N) is 1. The number of benzene rings is 1. The highest BCUT2D eigenvalue weighted by molar-refractivity contribution is 8.02. The Labute approximate surface area is 130 Å². The molecule has 1 aromatic carbocycles. The van der Waals surface area contributed by atoms with Gasteiger partial charge in [-0.25, -0.2) is 0 Å². The summed E-state index contributed by atoms with van der Waals surface area (Å²) in [6.07, 6.45) is 1.18. The monoisotopic (exact) mass is 309 g/mol. The van der Waals surface area contributed by atoms with Crippen LogP contribution in [0.3, 0.4) is 0 Å². The van der Waals surface area contributed by atoms with E-state index < -0.39 is 0 Å². The first kappa shape index (κ1) is 14.1. The second-order valence-electron chi connectivity index (χ2n) is 5.52. The van der Waals surface area contributed by atoms with Crippen LogP contribution in [0.25, 0.3) is 0 Å². The molecule has 2 heterocycles. The third-order valence-electron chi connectivity index (χ3n) is 3.76. The fourth-order valence-electron chi connectivity index (χ4n) is 2.78. The Hall–Kier alpha value is -0.840. The molecule has 0 amide bonds. The van der Waals surface area contributed by atoms with Gasteiger partial charge in [0.2, 0.25) is 0 Å². The molecule has 2 aliphatic heterocycles. The summed E-state index contributed by atoms with van der Waals surface area (Å²) in [6, 6.07) is 9.28. The molecule has 3 rings (SSSR count). The van der Waals surface area contributed by atoms with Crippen molar-refractivity contribution >= 4 is 23.5 Å². The third kappa shape index (κ3) is 3.43. The quantitative estimate of drug-likeness (QED) is 0.861. The van der Waals surface area contributed by atoms with Gasteiger partial charge >= 0.3 is 0 Å².